The van der Waals surface area contributed by atoms with E-state index in [-0.39, 0.29) is 22.4 Å². The average Bonchev–Trinajstić information content (AvgIpc) is 3.09. The average molecular weight is 252 g/mol. The van der Waals surface area contributed by atoms with E-state index in [0.29, 0.717) is 0 Å². The minimum atomic E-state index is -3.60. The zero-order valence-corrected chi connectivity index (χ0v) is 10.1. The summed E-state index contributed by atoms with van der Waals surface area (Å²) < 4.78 is 25.4. The van der Waals surface area contributed by atoms with Crippen LogP contribution in [0.1, 0.15) is 23.2 Å². The Hall–Kier alpha value is -1.56. The van der Waals surface area contributed by atoms with E-state index in [4.69, 9.17) is 0 Å². The molecule has 2 aliphatic rings. The van der Waals surface area contributed by atoms with Crippen LogP contribution in [0.4, 0.5) is 5.69 Å². The molecule has 0 atom stereocenters. The third kappa shape index (κ3) is 1.37. The molecule has 0 unspecified atom stereocenters. The summed E-state index contributed by atoms with van der Waals surface area (Å²) in [4.78, 5) is 12.2. The second kappa shape index (κ2) is 3.22. The molecule has 0 spiro atoms. The van der Waals surface area contributed by atoms with E-state index in [9.17, 15) is 13.2 Å². The third-order valence-electron chi connectivity index (χ3n) is 3.11. The number of anilines is 1. The van der Waals surface area contributed by atoms with Crippen LogP contribution >= 0.6 is 0 Å². The lowest BCUT2D eigenvalue weighted by atomic mass is 10.2. The van der Waals surface area contributed by atoms with Crippen molar-refractivity contribution in [3.8, 4) is 0 Å². The molecule has 3 rings (SSSR count). The van der Waals surface area contributed by atoms with Gasteiger partial charge in [-0.25, -0.2) is 12.7 Å². The molecule has 6 heteroatoms. The van der Waals surface area contributed by atoms with Crippen LogP contribution in [-0.2, 0) is 10.0 Å². The third-order valence-corrected chi connectivity index (χ3v) is 5.01. The topological polar surface area (TPSA) is 66.5 Å². The summed E-state index contributed by atoms with van der Waals surface area (Å²) in [7, 11) is -1.87. The highest BCUT2D eigenvalue weighted by Crippen LogP contribution is 2.40. The largest absolute Gasteiger partial charge is 0.388 e. The Bertz CT molecular complexity index is 605. The normalized spacial score (nSPS) is 21.5. The molecule has 1 aromatic carbocycles. The first kappa shape index (κ1) is 10.6. The van der Waals surface area contributed by atoms with Gasteiger partial charge in [0.25, 0.3) is 15.9 Å². The van der Waals surface area contributed by atoms with Gasteiger partial charge in [-0.3, -0.25) is 4.79 Å². The maximum atomic E-state index is 12.2. The standard InChI is InChI=1S/C11H12N2O3S/c1-12-7-2-5-10-9(6-7)11(14)13(8-3-4-8)17(10,15)16/h2,5-6,8,12H,3-4H2,1H3. The Labute approximate surface area is 99.5 Å². The number of carbonyl (C=O) groups excluding carboxylic acids is 1. The van der Waals surface area contributed by atoms with Crippen LogP contribution in [0.15, 0.2) is 23.1 Å². The highest BCUT2D eigenvalue weighted by Gasteiger charge is 2.48. The molecule has 0 saturated heterocycles. The molecule has 5 nitrogen and oxygen atoms in total. The maximum absolute atomic E-state index is 12.2. The molecule has 1 aromatic rings. The van der Waals surface area contributed by atoms with Crippen molar-refractivity contribution < 1.29 is 13.2 Å². The lowest BCUT2D eigenvalue weighted by Crippen LogP contribution is -2.31. The lowest BCUT2D eigenvalue weighted by molar-refractivity contribution is 0.0865. The summed E-state index contributed by atoms with van der Waals surface area (Å²) in [6.45, 7) is 0. The van der Waals surface area contributed by atoms with Crippen LogP contribution in [0.3, 0.4) is 0 Å². The van der Waals surface area contributed by atoms with Crippen LogP contribution < -0.4 is 5.32 Å². The highest BCUT2D eigenvalue weighted by atomic mass is 32.2. The molecule has 0 aromatic heterocycles. The van der Waals surface area contributed by atoms with Gasteiger partial charge in [0, 0.05) is 18.8 Å². The number of rotatable bonds is 2. The van der Waals surface area contributed by atoms with Gasteiger partial charge in [-0.05, 0) is 31.0 Å². The van der Waals surface area contributed by atoms with Gasteiger partial charge in [-0.15, -0.1) is 0 Å². The van der Waals surface area contributed by atoms with Crippen molar-refractivity contribution in [2.75, 3.05) is 12.4 Å². The molecule has 17 heavy (non-hydrogen) atoms. The van der Waals surface area contributed by atoms with E-state index in [1.54, 1.807) is 19.2 Å². The number of fused-ring (bicyclic) bond motifs is 1. The summed E-state index contributed by atoms with van der Waals surface area (Å²) in [5.41, 5.74) is 1.02. The molecule has 1 fully saturated rings. The van der Waals surface area contributed by atoms with Crippen LogP contribution in [0.25, 0.3) is 0 Å². The number of nitrogens with one attached hydrogen (secondary N) is 1. The number of nitrogens with zero attached hydrogens (tertiary/aromatic N) is 1. The Balaban J connectivity index is 2.19. The van der Waals surface area contributed by atoms with Gasteiger partial charge in [-0.1, -0.05) is 0 Å². The first-order chi connectivity index (χ1) is 8.05. The number of sulfonamides is 1. The molecule has 0 bridgehead atoms. The second-order valence-electron chi connectivity index (χ2n) is 4.30. The molecule has 1 heterocycles. The van der Waals surface area contributed by atoms with Gasteiger partial charge in [0.15, 0.2) is 0 Å². The Kier molecular flexibility index (Phi) is 2.01. The molecule has 1 saturated carbocycles. The van der Waals surface area contributed by atoms with Gasteiger partial charge >= 0.3 is 0 Å². The van der Waals surface area contributed by atoms with E-state index >= 15 is 0 Å². The number of amides is 1. The van der Waals surface area contributed by atoms with Crippen molar-refractivity contribution in [3.05, 3.63) is 23.8 Å². The Morgan fingerprint density at radius 1 is 1.35 bits per heavy atom. The molecule has 1 aliphatic heterocycles. The number of benzene rings is 1. The zero-order chi connectivity index (χ0) is 12.2. The van der Waals surface area contributed by atoms with Crippen LogP contribution in [0, 0.1) is 0 Å². The van der Waals surface area contributed by atoms with E-state index < -0.39 is 10.0 Å². The Morgan fingerprint density at radius 3 is 2.65 bits per heavy atom. The first-order valence-electron chi connectivity index (χ1n) is 5.46. The summed E-state index contributed by atoms with van der Waals surface area (Å²) in [5.74, 6) is -0.389. The number of carbonyl (C=O) groups is 1. The summed E-state index contributed by atoms with van der Waals surface area (Å²) in [5, 5.41) is 2.90. The van der Waals surface area contributed by atoms with Gasteiger partial charge < -0.3 is 5.32 Å². The van der Waals surface area contributed by atoms with Crippen molar-refractivity contribution in [1.82, 2.24) is 4.31 Å². The number of hydrogen-bond donors (Lipinski definition) is 1. The summed E-state index contributed by atoms with van der Waals surface area (Å²) in [6, 6.07) is 4.63. The minimum Gasteiger partial charge on any atom is -0.388 e. The van der Waals surface area contributed by atoms with Crippen LogP contribution in [-0.4, -0.2) is 31.7 Å². The molecular formula is C11H12N2O3S. The maximum Gasteiger partial charge on any atom is 0.269 e. The molecule has 1 amide bonds. The van der Waals surface area contributed by atoms with Crippen molar-refractivity contribution in [2.24, 2.45) is 0 Å². The van der Waals surface area contributed by atoms with Crippen molar-refractivity contribution in [3.63, 3.8) is 0 Å². The quantitative estimate of drug-likeness (QED) is 0.854. The zero-order valence-electron chi connectivity index (χ0n) is 9.30. The van der Waals surface area contributed by atoms with Crippen LogP contribution in [0.2, 0.25) is 0 Å². The van der Waals surface area contributed by atoms with Gasteiger partial charge in [-0.2, -0.15) is 0 Å². The Morgan fingerprint density at radius 2 is 2.06 bits per heavy atom. The van der Waals surface area contributed by atoms with Crippen molar-refractivity contribution in [2.45, 2.75) is 23.8 Å². The van der Waals surface area contributed by atoms with E-state index in [1.165, 1.54) is 6.07 Å². The fourth-order valence-corrected chi connectivity index (χ4v) is 3.88. The van der Waals surface area contributed by atoms with E-state index in [2.05, 4.69) is 5.32 Å². The van der Waals surface area contributed by atoms with Gasteiger partial charge in [0.05, 0.1) is 5.56 Å². The fourth-order valence-electron chi connectivity index (χ4n) is 2.08. The second-order valence-corrected chi connectivity index (χ2v) is 6.08. The summed E-state index contributed by atoms with van der Waals surface area (Å²) in [6.07, 6.45) is 1.55. The van der Waals surface area contributed by atoms with Crippen molar-refractivity contribution in [1.29, 1.82) is 0 Å². The smallest absolute Gasteiger partial charge is 0.269 e. The van der Waals surface area contributed by atoms with Gasteiger partial charge in [0.1, 0.15) is 4.90 Å². The van der Waals surface area contributed by atoms with E-state index in [0.717, 1.165) is 22.8 Å². The fraction of sp³-hybridized carbons (Fsp3) is 0.364. The SMILES string of the molecule is CNc1ccc2c(c1)C(=O)N(C1CC1)S2(=O)=O. The summed E-state index contributed by atoms with van der Waals surface area (Å²) >= 11 is 0. The minimum absolute atomic E-state index is 0.127. The molecule has 1 aliphatic carbocycles. The first-order valence-corrected chi connectivity index (χ1v) is 6.90. The highest BCUT2D eigenvalue weighted by molar-refractivity contribution is 7.90. The van der Waals surface area contributed by atoms with Gasteiger partial charge in [0.2, 0.25) is 0 Å². The predicted octanol–water partition coefficient (Wildman–Crippen LogP) is 1.04. The molecule has 90 valence electrons. The lowest BCUT2D eigenvalue weighted by Gasteiger charge is -2.12. The van der Waals surface area contributed by atoms with E-state index in [1.807, 2.05) is 0 Å². The molecule has 0 radical (unpaired) electrons. The molecular weight excluding hydrogens is 240 g/mol. The monoisotopic (exact) mass is 252 g/mol. The van der Waals surface area contributed by atoms with Crippen molar-refractivity contribution >= 4 is 21.6 Å². The van der Waals surface area contributed by atoms with Crippen LogP contribution in [0.5, 0.6) is 0 Å². The number of hydrogen-bond acceptors (Lipinski definition) is 4. The molecule has 1 N–H and O–H groups in total. The predicted molar refractivity (Wildman–Crippen MR) is 62.4 cm³/mol.